The molecule has 0 aromatic heterocycles. The van der Waals surface area contributed by atoms with E-state index >= 15 is 0 Å². The Hall–Kier alpha value is -1.19. The minimum atomic E-state index is 0.172. The molecule has 1 aliphatic rings. The van der Waals surface area contributed by atoms with Gasteiger partial charge in [0, 0.05) is 5.71 Å². The van der Waals surface area contributed by atoms with Crippen LogP contribution in [0.25, 0.3) is 0 Å². The monoisotopic (exact) mass is 180 g/mol. The van der Waals surface area contributed by atoms with Crippen molar-refractivity contribution in [3.05, 3.63) is 0 Å². The van der Waals surface area contributed by atoms with Crippen LogP contribution in [0.15, 0.2) is 10.2 Å². The zero-order chi connectivity index (χ0) is 9.68. The second-order valence-corrected chi connectivity index (χ2v) is 3.54. The molecule has 1 aliphatic carbocycles. The number of hydrogen-bond acceptors (Lipinski definition) is 3. The van der Waals surface area contributed by atoms with Gasteiger partial charge in [-0.15, -0.1) is 5.10 Å². The molecule has 0 saturated heterocycles. The predicted molar refractivity (Wildman–Crippen MR) is 55.5 cm³/mol. The van der Waals surface area contributed by atoms with E-state index < -0.39 is 0 Å². The quantitative estimate of drug-likeness (QED) is 0.377. The third-order valence-corrected chi connectivity index (χ3v) is 2.20. The van der Waals surface area contributed by atoms with Crippen molar-refractivity contribution >= 4 is 17.8 Å². The Bertz CT molecular complexity index is 242. The lowest BCUT2D eigenvalue weighted by Gasteiger charge is -2.17. The summed E-state index contributed by atoms with van der Waals surface area (Å²) in [5.41, 5.74) is 6.44. The van der Waals surface area contributed by atoms with Gasteiger partial charge in [-0.1, -0.05) is 6.92 Å². The van der Waals surface area contributed by atoms with E-state index in [0.717, 1.165) is 24.8 Å². The van der Waals surface area contributed by atoms with Gasteiger partial charge in [0.05, 0.1) is 6.21 Å². The SMILES string of the molecule is CC1CCC/C(=N/N=C(/N)C=N)C1. The smallest absolute Gasteiger partial charge is 0.163 e. The minimum absolute atomic E-state index is 0.172. The summed E-state index contributed by atoms with van der Waals surface area (Å²) in [6.07, 6.45) is 5.53. The molecule has 0 aromatic rings. The highest BCUT2D eigenvalue weighted by atomic mass is 15.2. The van der Waals surface area contributed by atoms with Gasteiger partial charge in [0.25, 0.3) is 0 Å². The molecule has 13 heavy (non-hydrogen) atoms. The zero-order valence-electron chi connectivity index (χ0n) is 7.95. The molecule has 0 aromatic carbocycles. The largest absolute Gasteiger partial charge is 0.381 e. The van der Waals surface area contributed by atoms with E-state index in [-0.39, 0.29) is 5.84 Å². The molecule has 0 heterocycles. The molecule has 1 atom stereocenters. The van der Waals surface area contributed by atoms with Crippen LogP contribution in [0, 0.1) is 11.3 Å². The van der Waals surface area contributed by atoms with Crippen molar-refractivity contribution in [1.82, 2.24) is 0 Å². The van der Waals surface area contributed by atoms with Crippen molar-refractivity contribution in [1.29, 1.82) is 5.41 Å². The number of hydrogen-bond donors (Lipinski definition) is 2. The number of nitrogens with two attached hydrogens (primary N) is 1. The Morgan fingerprint density at radius 3 is 3.08 bits per heavy atom. The summed E-state index contributed by atoms with van der Waals surface area (Å²) in [5.74, 6) is 0.884. The molecule has 1 unspecified atom stereocenters. The molecule has 0 radical (unpaired) electrons. The number of rotatable bonds is 2. The number of nitrogens with one attached hydrogen (secondary N) is 1. The summed E-state index contributed by atoms with van der Waals surface area (Å²) in [6.45, 7) is 2.22. The first kappa shape index (κ1) is 9.89. The third kappa shape index (κ3) is 3.36. The van der Waals surface area contributed by atoms with Crippen LogP contribution in [0.4, 0.5) is 0 Å². The third-order valence-electron chi connectivity index (χ3n) is 2.20. The lowest BCUT2D eigenvalue weighted by atomic mass is 9.89. The zero-order valence-corrected chi connectivity index (χ0v) is 7.95. The van der Waals surface area contributed by atoms with E-state index in [9.17, 15) is 0 Å². The summed E-state index contributed by atoms with van der Waals surface area (Å²) >= 11 is 0. The minimum Gasteiger partial charge on any atom is -0.381 e. The Balaban J connectivity index is 2.55. The summed E-state index contributed by atoms with van der Waals surface area (Å²) in [7, 11) is 0. The van der Waals surface area contributed by atoms with E-state index in [0.29, 0.717) is 5.92 Å². The highest BCUT2D eigenvalue weighted by molar-refractivity contribution is 6.27. The topological polar surface area (TPSA) is 74.6 Å². The van der Waals surface area contributed by atoms with Crippen LogP contribution < -0.4 is 5.73 Å². The van der Waals surface area contributed by atoms with Crippen LogP contribution in [-0.2, 0) is 0 Å². The summed E-state index contributed by atoms with van der Waals surface area (Å²) < 4.78 is 0. The van der Waals surface area contributed by atoms with Gasteiger partial charge in [-0.05, 0) is 31.6 Å². The first-order valence-electron chi connectivity index (χ1n) is 4.61. The fourth-order valence-electron chi connectivity index (χ4n) is 1.51. The Morgan fingerprint density at radius 2 is 2.46 bits per heavy atom. The van der Waals surface area contributed by atoms with Crippen LogP contribution in [-0.4, -0.2) is 17.8 Å². The summed E-state index contributed by atoms with van der Waals surface area (Å²) in [5, 5.41) is 14.6. The Kier molecular flexibility index (Phi) is 3.61. The molecule has 72 valence electrons. The summed E-state index contributed by atoms with van der Waals surface area (Å²) in [4.78, 5) is 0. The van der Waals surface area contributed by atoms with Gasteiger partial charge >= 0.3 is 0 Å². The fraction of sp³-hybridized carbons (Fsp3) is 0.667. The maximum absolute atomic E-state index is 6.82. The van der Waals surface area contributed by atoms with Gasteiger partial charge in [-0.3, -0.25) is 0 Å². The lowest BCUT2D eigenvalue weighted by molar-refractivity contribution is 0.499. The van der Waals surface area contributed by atoms with E-state index in [1.807, 2.05) is 0 Å². The molecular weight excluding hydrogens is 164 g/mol. The number of nitrogens with zero attached hydrogens (tertiary/aromatic N) is 2. The molecule has 1 rings (SSSR count). The molecule has 1 saturated carbocycles. The molecule has 3 N–H and O–H groups in total. The van der Waals surface area contributed by atoms with Crippen LogP contribution >= 0.6 is 0 Å². The van der Waals surface area contributed by atoms with Crippen molar-refractivity contribution in [3.8, 4) is 0 Å². The molecule has 0 bridgehead atoms. The molecule has 0 spiro atoms. The number of amidine groups is 1. The van der Waals surface area contributed by atoms with Gasteiger partial charge < -0.3 is 11.1 Å². The first-order chi connectivity index (χ1) is 6.22. The van der Waals surface area contributed by atoms with Crippen LogP contribution in [0.1, 0.15) is 32.6 Å². The van der Waals surface area contributed by atoms with Crippen molar-refractivity contribution in [2.45, 2.75) is 32.6 Å². The summed E-state index contributed by atoms with van der Waals surface area (Å²) in [6, 6.07) is 0. The maximum atomic E-state index is 6.82. The highest BCUT2D eigenvalue weighted by Crippen LogP contribution is 2.21. The van der Waals surface area contributed by atoms with Crippen molar-refractivity contribution in [2.24, 2.45) is 21.9 Å². The van der Waals surface area contributed by atoms with Crippen LogP contribution in [0.2, 0.25) is 0 Å². The molecule has 4 heteroatoms. The van der Waals surface area contributed by atoms with Gasteiger partial charge in [-0.25, -0.2) is 0 Å². The average molecular weight is 180 g/mol. The molecule has 0 aliphatic heterocycles. The van der Waals surface area contributed by atoms with Gasteiger partial charge in [0.2, 0.25) is 0 Å². The predicted octanol–water partition coefficient (Wildman–Crippen LogP) is 1.56. The molecular formula is C9H16N4. The highest BCUT2D eigenvalue weighted by Gasteiger charge is 2.13. The van der Waals surface area contributed by atoms with Gasteiger partial charge in [-0.2, -0.15) is 5.10 Å². The first-order valence-corrected chi connectivity index (χ1v) is 4.61. The normalized spacial score (nSPS) is 27.6. The lowest BCUT2D eigenvalue weighted by Crippen LogP contribution is -2.14. The van der Waals surface area contributed by atoms with Crippen molar-refractivity contribution < 1.29 is 0 Å². The molecule has 0 amide bonds. The Morgan fingerprint density at radius 1 is 1.69 bits per heavy atom. The average Bonchev–Trinajstić information content (AvgIpc) is 2.14. The van der Waals surface area contributed by atoms with Gasteiger partial charge in [0.15, 0.2) is 5.84 Å². The second-order valence-electron chi connectivity index (χ2n) is 3.54. The molecule has 1 fully saturated rings. The van der Waals surface area contributed by atoms with E-state index in [2.05, 4.69) is 17.1 Å². The van der Waals surface area contributed by atoms with Crippen molar-refractivity contribution in [3.63, 3.8) is 0 Å². The van der Waals surface area contributed by atoms with Crippen LogP contribution in [0.5, 0.6) is 0 Å². The van der Waals surface area contributed by atoms with Crippen molar-refractivity contribution in [2.75, 3.05) is 0 Å². The maximum Gasteiger partial charge on any atom is 0.163 e. The Labute approximate surface area is 78.4 Å². The van der Waals surface area contributed by atoms with E-state index in [1.54, 1.807) is 0 Å². The second kappa shape index (κ2) is 4.74. The van der Waals surface area contributed by atoms with Gasteiger partial charge in [0.1, 0.15) is 0 Å². The standard InChI is InChI=1S/C9H16N4/c1-7-3-2-4-8(5-7)12-13-9(11)6-10/h6-7,10H,2-5H2,1H3,(H2,11,13)/b10-6?,12-8-. The van der Waals surface area contributed by atoms with Crippen LogP contribution in [0.3, 0.4) is 0 Å². The van der Waals surface area contributed by atoms with E-state index in [1.165, 1.54) is 12.8 Å². The van der Waals surface area contributed by atoms with E-state index in [4.69, 9.17) is 11.1 Å². The molecule has 4 nitrogen and oxygen atoms in total. The fourth-order valence-corrected chi connectivity index (χ4v) is 1.51.